The first-order valence-corrected chi connectivity index (χ1v) is 7.20. The van der Waals surface area contributed by atoms with Gasteiger partial charge in [0.15, 0.2) is 0 Å². The molecule has 2 aromatic heterocycles. The molecule has 9 heteroatoms. The predicted molar refractivity (Wildman–Crippen MR) is 77.9 cm³/mol. The largest absolute Gasteiger partial charge is 0.433 e. The molecule has 2 aromatic rings. The van der Waals surface area contributed by atoms with Crippen LogP contribution in [0.4, 0.5) is 24.9 Å². The Kier molecular flexibility index (Phi) is 4.26. The van der Waals surface area contributed by atoms with Gasteiger partial charge in [0.1, 0.15) is 11.5 Å². The summed E-state index contributed by atoms with van der Waals surface area (Å²) in [6.07, 6.45) is 3.24. The van der Waals surface area contributed by atoms with Crippen molar-refractivity contribution >= 4 is 11.8 Å². The summed E-state index contributed by atoms with van der Waals surface area (Å²) < 4.78 is 38.1. The highest BCUT2D eigenvalue weighted by molar-refractivity contribution is 5.38. The molecule has 3 heterocycles. The topological polar surface area (TPSA) is 66.8 Å². The normalized spacial score (nSPS) is 18.7. The van der Waals surface area contributed by atoms with Crippen LogP contribution in [-0.4, -0.2) is 39.1 Å². The van der Waals surface area contributed by atoms with Gasteiger partial charge in [0.25, 0.3) is 0 Å². The molecule has 1 N–H and O–H groups in total. The van der Waals surface area contributed by atoms with Gasteiger partial charge in [-0.3, -0.25) is 4.98 Å². The Labute approximate surface area is 130 Å². The van der Waals surface area contributed by atoms with Gasteiger partial charge < -0.3 is 10.2 Å². The average molecular weight is 324 g/mol. The van der Waals surface area contributed by atoms with Crippen molar-refractivity contribution in [2.24, 2.45) is 0 Å². The third kappa shape index (κ3) is 3.85. The second-order valence-electron chi connectivity index (χ2n) is 5.26. The van der Waals surface area contributed by atoms with Crippen molar-refractivity contribution in [3.05, 3.63) is 36.5 Å². The van der Waals surface area contributed by atoms with E-state index in [1.165, 1.54) is 0 Å². The van der Waals surface area contributed by atoms with E-state index in [-0.39, 0.29) is 12.0 Å². The highest BCUT2D eigenvalue weighted by Crippen LogP contribution is 2.28. The van der Waals surface area contributed by atoms with Gasteiger partial charge in [-0.1, -0.05) is 0 Å². The van der Waals surface area contributed by atoms with E-state index in [4.69, 9.17) is 0 Å². The van der Waals surface area contributed by atoms with Crippen molar-refractivity contribution in [1.82, 2.24) is 19.9 Å². The lowest BCUT2D eigenvalue weighted by atomic mass is 10.1. The number of hydrogen-bond donors (Lipinski definition) is 1. The van der Waals surface area contributed by atoms with Crippen LogP contribution in [0.25, 0.3) is 0 Å². The maximum absolute atomic E-state index is 12.7. The molecule has 0 radical (unpaired) electrons. The first-order valence-electron chi connectivity index (χ1n) is 7.20. The number of anilines is 2. The molecular formula is C14H15F3N6. The zero-order chi connectivity index (χ0) is 16.3. The van der Waals surface area contributed by atoms with Gasteiger partial charge >= 0.3 is 6.18 Å². The van der Waals surface area contributed by atoms with E-state index in [1.54, 1.807) is 18.6 Å². The summed E-state index contributed by atoms with van der Waals surface area (Å²) in [6, 6.07) is 0.812. The van der Waals surface area contributed by atoms with Crippen LogP contribution in [0.1, 0.15) is 18.5 Å². The van der Waals surface area contributed by atoms with Crippen LogP contribution in [0.5, 0.6) is 0 Å². The lowest BCUT2D eigenvalue weighted by Crippen LogP contribution is -2.42. The van der Waals surface area contributed by atoms with Gasteiger partial charge in [-0.05, 0) is 18.9 Å². The molecule has 0 amide bonds. The van der Waals surface area contributed by atoms with Crippen molar-refractivity contribution in [1.29, 1.82) is 0 Å². The van der Waals surface area contributed by atoms with Crippen LogP contribution in [0.2, 0.25) is 0 Å². The Morgan fingerprint density at radius 3 is 2.78 bits per heavy atom. The van der Waals surface area contributed by atoms with Gasteiger partial charge in [0, 0.05) is 37.7 Å². The zero-order valence-electron chi connectivity index (χ0n) is 12.2. The Bertz CT molecular complexity index is 648. The molecule has 1 aliphatic heterocycles. The van der Waals surface area contributed by atoms with Crippen molar-refractivity contribution in [3.8, 4) is 0 Å². The van der Waals surface area contributed by atoms with Crippen LogP contribution < -0.4 is 10.2 Å². The maximum Gasteiger partial charge on any atom is 0.433 e. The molecule has 0 saturated carbocycles. The highest BCUT2D eigenvalue weighted by Gasteiger charge is 2.33. The number of piperidine rings is 1. The monoisotopic (exact) mass is 324 g/mol. The number of halogens is 3. The molecule has 1 aliphatic rings. The van der Waals surface area contributed by atoms with Crippen LogP contribution in [0, 0.1) is 0 Å². The summed E-state index contributed by atoms with van der Waals surface area (Å²) >= 11 is 0. The van der Waals surface area contributed by atoms with Crippen molar-refractivity contribution in [2.45, 2.75) is 25.1 Å². The first kappa shape index (κ1) is 15.4. The molecule has 1 saturated heterocycles. The minimum Gasteiger partial charge on any atom is -0.353 e. The van der Waals surface area contributed by atoms with Gasteiger partial charge in [0.2, 0.25) is 5.95 Å². The first-order chi connectivity index (χ1) is 11.0. The number of nitrogens with zero attached hydrogens (tertiary/aromatic N) is 5. The SMILES string of the molecule is FC(F)(F)c1ccnc(NC2CCCN(c3cnccn3)C2)n1. The standard InChI is InChI=1S/C14H15F3N6/c15-14(16,17)11-3-4-20-13(22-11)21-10-2-1-7-23(9-10)12-8-18-5-6-19-12/h3-6,8,10H,1-2,7,9H2,(H,20,21,22). The average Bonchev–Trinajstić information content (AvgIpc) is 2.55. The quantitative estimate of drug-likeness (QED) is 0.935. The molecule has 1 fully saturated rings. The van der Waals surface area contributed by atoms with E-state index in [0.29, 0.717) is 6.54 Å². The summed E-state index contributed by atoms with van der Waals surface area (Å²) in [6.45, 7) is 1.44. The fourth-order valence-corrected chi connectivity index (χ4v) is 2.53. The Balaban J connectivity index is 1.68. The summed E-state index contributed by atoms with van der Waals surface area (Å²) in [5.74, 6) is 0.745. The van der Waals surface area contributed by atoms with Crippen LogP contribution in [-0.2, 0) is 6.18 Å². The second kappa shape index (κ2) is 6.35. The minimum atomic E-state index is -4.47. The maximum atomic E-state index is 12.7. The van der Waals surface area contributed by atoms with Crippen molar-refractivity contribution in [3.63, 3.8) is 0 Å². The minimum absolute atomic E-state index is 0.00850. The molecule has 23 heavy (non-hydrogen) atoms. The molecule has 1 unspecified atom stereocenters. The zero-order valence-corrected chi connectivity index (χ0v) is 12.2. The van der Waals surface area contributed by atoms with E-state index in [0.717, 1.165) is 37.5 Å². The fourth-order valence-electron chi connectivity index (χ4n) is 2.53. The molecule has 1 atom stereocenters. The fraction of sp³-hybridized carbons (Fsp3) is 0.429. The Morgan fingerprint density at radius 2 is 2.04 bits per heavy atom. The number of nitrogens with one attached hydrogen (secondary N) is 1. The summed E-state index contributed by atoms with van der Waals surface area (Å²) in [5.41, 5.74) is -0.948. The predicted octanol–water partition coefficient (Wildman–Crippen LogP) is 2.37. The van der Waals surface area contributed by atoms with E-state index < -0.39 is 11.9 Å². The number of aromatic nitrogens is 4. The molecule has 0 bridgehead atoms. The summed E-state index contributed by atoms with van der Waals surface area (Å²) in [5, 5.41) is 2.98. The third-order valence-corrected chi connectivity index (χ3v) is 3.57. The van der Waals surface area contributed by atoms with Gasteiger partial charge in [-0.2, -0.15) is 13.2 Å². The number of hydrogen-bond acceptors (Lipinski definition) is 6. The van der Waals surface area contributed by atoms with Gasteiger partial charge in [0.05, 0.1) is 6.20 Å². The van der Waals surface area contributed by atoms with Crippen LogP contribution >= 0.6 is 0 Å². The van der Waals surface area contributed by atoms with Gasteiger partial charge in [-0.25, -0.2) is 15.0 Å². The smallest absolute Gasteiger partial charge is 0.353 e. The molecule has 3 rings (SSSR count). The number of alkyl halides is 3. The summed E-state index contributed by atoms with van der Waals surface area (Å²) in [4.78, 5) is 17.7. The van der Waals surface area contributed by atoms with Crippen molar-refractivity contribution < 1.29 is 13.2 Å². The van der Waals surface area contributed by atoms with E-state index in [9.17, 15) is 13.2 Å². The highest BCUT2D eigenvalue weighted by atomic mass is 19.4. The Morgan fingerprint density at radius 1 is 1.17 bits per heavy atom. The van der Waals surface area contributed by atoms with Gasteiger partial charge in [-0.15, -0.1) is 0 Å². The second-order valence-corrected chi connectivity index (χ2v) is 5.26. The third-order valence-electron chi connectivity index (χ3n) is 3.57. The molecule has 122 valence electrons. The van der Waals surface area contributed by atoms with E-state index >= 15 is 0 Å². The van der Waals surface area contributed by atoms with E-state index in [2.05, 4.69) is 25.3 Å². The van der Waals surface area contributed by atoms with Crippen molar-refractivity contribution in [2.75, 3.05) is 23.3 Å². The summed E-state index contributed by atoms with van der Waals surface area (Å²) in [7, 11) is 0. The lowest BCUT2D eigenvalue weighted by molar-refractivity contribution is -0.141. The Hall–Kier alpha value is -2.45. The van der Waals surface area contributed by atoms with Crippen LogP contribution in [0.15, 0.2) is 30.9 Å². The van der Waals surface area contributed by atoms with E-state index in [1.807, 2.05) is 4.90 Å². The lowest BCUT2D eigenvalue weighted by Gasteiger charge is -2.33. The molecule has 0 spiro atoms. The molecular weight excluding hydrogens is 309 g/mol. The number of rotatable bonds is 3. The molecule has 0 aromatic carbocycles. The molecule has 0 aliphatic carbocycles. The molecule has 6 nitrogen and oxygen atoms in total. The van der Waals surface area contributed by atoms with Crippen LogP contribution in [0.3, 0.4) is 0 Å².